The van der Waals surface area contributed by atoms with Gasteiger partial charge in [-0.05, 0) is 44.2 Å². The van der Waals surface area contributed by atoms with E-state index in [1.807, 2.05) is 0 Å². The van der Waals surface area contributed by atoms with Gasteiger partial charge >= 0.3 is 0 Å². The molecule has 3 rings (SSSR count). The summed E-state index contributed by atoms with van der Waals surface area (Å²) in [6.45, 7) is 6.16. The van der Waals surface area contributed by atoms with E-state index >= 15 is 0 Å². The average molecular weight is 280 g/mol. The van der Waals surface area contributed by atoms with Crippen LogP contribution < -0.4 is 10.2 Å². The topological polar surface area (TPSA) is 15.3 Å². The molecule has 20 heavy (non-hydrogen) atoms. The highest BCUT2D eigenvalue weighted by Crippen LogP contribution is 2.42. The molecule has 0 spiro atoms. The molecular formula is C16H22F2N2. The van der Waals surface area contributed by atoms with Crippen LogP contribution in [0.1, 0.15) is 33.1 Å². The number of halogens is 2. The highest BCUT2D eigenvalue weighted by atomic mass is 19.2. The van der Waals surface area contributed by atoms with Gasteiger partial charge in [0.2, 0.25) is 0 Å². The lowest BCUT2D eigenvalue weighted by Crippen LogP contribution is -2.64. The second-order valence-electron chi connectivity index (χ2n) is 6.36. The minimum absolute atomic E-state index is 0.0938. The molecule has 0 bridgehead atoms. The van der Waals surface area contributed by atoms with Crippen LogP contribution in [0.5, 0.6) is 0 Å². The first-order valence-corrected chi connectivity index (χ1v) is 7.50. The molecule has 2 unspecified atom stereocenters. The van der Waals surface area contributed by atoms with E-state index in [-0.39, 0.29) is 5.54 Å². The van der Waals surface area contributed by atoms with Gasteiger partial charge in [0.25, 0.3) is 0 Å². The molecule has 2 atom stereocenters. The van der Waals surface area contributed by atoms with E-state index in [0.29, 0.717) is 12.0 Å². The van der Waals surface area contributed by atoms with Gasteiger partial charge in [-0.1, -0.05) is 6.92 Å². The van der Waals surface area contributed by atoms with Crippen molar-refractivity contribution in [1.82, 2.24) is 5.32 Å². The summed E-state index contributed by atoms with van der Waals surface area (Å²) >= 11 is 0. The van der Waals surface area contributed by atoms with Gasteiger partial charge < -0.3 is 10.2 Å². The van der Waals surface area contributed by atoms with Gasteiger partial charge in [-0.25, -0.2) is 8.78 Å². The van der Waals surface area contributed by atoms with E-state index in [1.165, 1.54) is 25.0 Å². The van der Waals surface area contributed by atoms with Crippen molar-refractivity contribution in [2.45, 2.75) is 44.7 Å². The second-order valence-corrected chi connectivity index (χ2v) is 6.36. The van der Waals surface area contributed by atoms with Crippen LogP contribution in [-0.4, -0.2) is 24.7 Å². The Hall–Kier alpha value is -1.16. The van der Waals surface area contributed by atoms with Gasteiger partial charge in [0.15, 0.2) is 11.6 Å². The van der Waals surface area contributed by atoms with Crippen molar-refractivity contribution in [1.29, 1.82) is 0 Å². The predicted octanol–water partition coefficient (Wildman–Crippen LogP) is 3.32. The molecule has 1 aliphatic carbocycles. The zero-order valence-electron chi connectivity index (χ0n) is 12.1. The van der Waals surface area contributed by atoms with E-state index in [0.717, 1.165) is 25.2 Å². The number of nitrogens with one attached hydrogen (secondary N) is 1. The lowest BCUT2D eigenvalue weighted by molar-refractivity contribution is 0.252. The summed E-state index contributed by atoms with van der Waals surface area (Å²) in [5.74, 6) is -0.820. The van der Waals surface area contributed by atoms with Crippen LogP contribution in [0.15, 0.2) is 18.2 Å². The van der Waals surface area contributed by atoms with E-state index in [4.69, 9.17) is 0 Å². The summed E-state index contributed by atoms with van der Waals surface area (Å²) in [4.78, 5) is 2.25. The molecule has 1 N–H and O–H groups in total. The van der Waals surface area contributed by atoms with Gasteiger partial charge in [-0.15, -0.1) is 0 Å². The van der Waals surface area contributed by atoms with E-state index in [1.54, 1.807) is 6.07 Å². The quantitative estimate of drug-likeness (QED) is 0.913. The van der Waals surface area contributed by atoms with Crippen LogP contribution in [0, 0.1) is 17.6 Å². The van der Waals surface area contributed by atoms with E-state index in [2.05, 4.69) is 24.1 Å². The number of rotatable bonds is 3. The largest absolute Gasteiger partial charge is 0.365 e. The maximum atomic E-state index is 13.5. The molecular weight excluding hydrogens is 258 g/mol. The molecule has 2 fully saturated rings. The highest BCUT2D eigenvalue weighted by Gasteiger charge is 2.45. The summed E-state index contributed by atoms with van der Waals surface area (Å²) in [6, 6.07) is 4.59. The standard InChI is InChI=1S/C16H22F2N2/c1-3-12-9-19-16(2,11-4-5-11)10-20(12)13-6-7-14(17)15(18)8-13/h6-8,11-12,19H,3-5,9-10H2,1-2H3. The van der Waals surface area contributed by atoms with E-state index in [9.17, 15) is 8.78 Å². The zero-order valence-corrected chi connectivity index (χ0v) is 12.1. The van der Waals surface area contributed by atoms with Crippen LogP contribution in [-0.2, 0) is 0 Å². The van der Waals surface area contributed by atoms with Crippen LogP contribution in [0.3, 0.4) is 0 Å². The number of benzene rings is 1. The van der Waals surface area contributed by atoms with Gasteiger partial charge in [-0.2, -0.15) is 0 Å². The Morgan fingerprint density at radius 2 is 2.05 bits per heavy atom. The Morgan fingerprint density at radius 1 is 1.30 bits per heavy atom. The number of nitrogens with zero attached hydrogens (tertiary/aromatic N) is 1. The molecule has 2 aliphatic rings. The number of hydrogen-bond donors (Lipinski definition) is 1. The van der Waals surface area contributed by atoms with Gasteiger partial charge in [-0.3, -0.25) is 0 Å². The molecule has 1 aliphatic heterocycles. The Morgan fingerprint density at radius 3 is 2.65 bits per heavy atom. The third-order valence-electron chi connectivity index (χ3n) is 4.87. The van der Waals surface area contributed by atoms with Crippen molar-refractivity contribution in [3.63, 3.8) is 0 Å². The molecule has 0 aromatic heterocycles. The first-order valence-electron chi connectivity index (χ1n) is 7.50. The first-order chi connectivity index (χ1) is 9.53. The van der Waals surface area contributed by atoms with Crippen LogP contribution in [0.25, 0.3) is 0 Å². The number of hydrogen-bond acceptors (Lipinski definition) is 2. The van der Waals surface area contributed by atoms with Crippen molar-refractivity contribution in [3.8, 4) is 0 Å². The fourth-order valence-corrected chi connectivity index (χ4v) is 3.32. The average Bonchev–Trinajstić information content (AvgIpc) is 3.27. The normalized spacial score (nSPS) is 30.6. The fourth-order valence-electron chi connectivity index (χ4n) is 3.32. The summed E-state index contributed by atoms with van der Waals surface area (Å²) in [5.41, 5.74) is 0.889. The summed E-state index contributed by atoms with van der Waals surface area (Å²) < 4.78 is 26.6. The Balaban J connectivity index is 1.88. The molecule has 1 heterocycles. The zero-order chi connectivity index (χ0) is 14.3. The molecule has 1 saturated carbocycles. The molecule has 1 saturated heterocycles. The Bertz CT molecular complexity index is 501. The molecule has 0 amide bonds. The molecule has 4 heteroatoms. The Kier molecular flexibility index (Phi) is 3.44. The smallest absolute Gasteiger partial charge is 0.160 e. The predicted molar refractivity (Wildman–Crippen MR) is 76.9 cm³/mol. The van der Waals surface area contributed by atoms with Crippen molar-refractivity contribution in [2.75, 3.05) is 18.0 Å². The SMILES string of the molecule is CCC1CNC(C)(C2CC2)CN1c1ccc(F)c(F)c1. The fraction of sp³-hybridized carbons (Fsp3) is 0.625. The molecule has 2 nitrogen and oxygen atoms in total. The summed E-state index contributed by atoms with van der Waals surface area (Å²) in [7, 11) is 0. The number of anilines is 1. The lowest BCUT2D eigenvalue weighted by atomic mass is 9.90. The van der Waals surface area contributed by atoms with Crippen LogP contribution in [0.4, 0.5) is 14.5 Å². The molecule has 0 radical (unpaired) electrons. The van der Waals surface area contributed by atoms with E-state index < -0.39 is 11.6 Å². The Labute approximate surface area is 119 Å². The first kappa shape index (κ1) is 13.8. The van der Waals surface area contributed by atoms with Crippen LogP contribution in [0.2, 0.25) is 0 Å². The molecule has 1 aromatic rings. The van der Waals surface area contributed by atoms with Crippen LogP contribution >= 0.6 is 0 Å². The maximum Gasteiger partial charge on any atom is 0.160 e. The summed E-state index contributed by atoms with van der Waals surface area (Å²) in [6.07, 6.45) is 3.53. The van der Waals surface area contributed by atoms with Crippen molar-refractivity contribution < 1.29 is 8.78 Å². The molecule has 1 aromatic carbocycles. The highest BCUT2D eigenvalue weighted by molar-refractivity contribution is 5.49. The third kappa shape index (κ3) is 2.41. The second kappa shape index (κ2) is 4.99. The number of piperazine rings is 1. The molecule has 110 valence electrons. The van der Waals surface area contributed by atoms with Gasteiger partial charge in [0.1, 0.15) is 0 Å². The minimum Gasteiger partial charge on any atom is -0.365 e. The monoisotopic (exact) mass is 280 g/mol. The van der Waals surface area contributed by atoms with Gasteiger partial charge in [0.05, 0.1) is 0 Å². The van der Waals surface area contributed by atoms with Crippen molar-refractivity contribution >= 4 is 5.69 Å². The maximum absolute atomic E-state index is 13.5. The van der Waals surface area contributed by atoms with Crippen molar-refractivity contribution in [2.24, 2.45) is 5.92 Å². The third-order valence-corrected chi connectivity index (χ3v) is 4.87. The summed E-state index contributed by atoms with van der Waals surface area (Å²) in [5, 5.41) is 3.67. The lowest BCUT2D eigenvalue weighted by Gasteiger charge is -2.47. The van der Waals surface area contributed by atoms with Crippen molar-refractivity contribution in [3.05, 3.63) is 29.8 Å². The van der Waals surface area contributed by atoms with Gasteiger partial charge in [0, 0.05) is 36.4 Å². The minimum atomic E-state index is -0.776.